The SMILES string of the molecule is O=C1CCC(N2C(=O)c3ccc(CNC4CNCCOC4)cc3C2=O)C(=O)N1. The zero-order chi connectivity index (χ0) is 19.7. The zero-order valence-corrected chi connectivity index (χ0v) is 15.3. The van der Waals surface area contributed by atoms with Crippen molar-refractivity contribution in [2.24, 2.45) is 0 Å². The molecular weight excluding hydrogens is 364 g/mol. The number of ether oxygens (including phenoxy) is 1. The molecule has 4 rings (SSSR count). The summed E-state index contributed by atoms with van der Waals surface area (Å²) < 4.78 is 5.51. The van der Waals surface area contributed by atoms with Crippen molar-refractivity contribution in [1.29, 1.82) is 0 Å². The fourth-order valence-electron chi connectivity index (χ4n) is 3.73. The fraction of sp³-hybridized carbons (Fsp3) is 0.474. The van der Waals surface area contributed by atoms with E-state index in [1.54, 1.807) is 18.2 Å². The average Bonchev–Trinajstić information content (AvgIpc) is 2.86. The van der Waals surface area contributed by atoms with E-state index in [0.717, 1.165) is 23.6 Å². The van der Waals surface area contributed by atoms with Crippen LogP contribution < -0.4 is 16.0 Å². The maximum Gasteiger partial charge on any atom is 0.262 e. The first-order valence-electron chi connectivity index (χ1n) is 9.41. The second-order valence-electron chi connectivity index (χ2n) is 7.18. The van der Waals surface area contributed by atoms with Crippen molar-refractivity contribution in [3.8, 4) is 0 Å². The monoisotopic (exact) mass is 386 g/mol. The Morgan fingerprint density at radius 3 is 2.79 bits per heavy atom. The number of piperidine rings is 1. The first kappa shape index (κ1) is 18.7. The number of imide groups is 2. The lowest BCUT2D eigenvalue weighted by atomic mass is 10.0. The molecule has 9 heteroatoms. The summed E-state index contributed by atoms with van der Waals surface area (Å²) in [5, 5.41) is 8.86. The second-order valence-corrected chi connectivity index (χ2v) is 7.18. The van der Waals surface area contributed by atoms with Crippen molar-refractivity contribution in [2.45, 2.75) is 31.5 Å². The van der Waals surface area contributed by atoms with E-state index in [4.69, 9.17) is 4.74 Å². The standard InChI is InChI=1S/C19H22N4O5/c24-16-4-3-15(17(25)22-16)23-18(26)13-2-1-11(7-14(13)19(23)27)8-21-12-9-20-5-6-28-10-12/h1-2,7,12,15,20-21H,3-6,8-10H2,(H,22,24,25). The molecular formula is C19H22N4O5. The van der Waals surface area contributed by atoms with Crippen LogP contribution in [0, 0.1) is 0 Å². The Bertz CT molecular complexity index is 832. The van der Waals surface area contributed by atoms with Gasteiger partial charge in [-0.2, -0.15) is 0 Å². The normalized spacial score (nSPS) is 25.5. The van der Waals surface area contributed by atoms with Gasteiger partial charge in [-0.3, -0.25) is 29.4 Å². The molecule has 0 radical (unpaired) electrons. The van der Waals surface area contributed by atoms with E-state index in [1.165, 1.54) is 0 Å². The minimum Gasteiger partial charge on any atom is -0.378 e. The minimum absolute atomic E-state index is 0.108. The van der Waals surface area contributed by atoms with Gasteiger partial charge >= 0.3 is 0 Å². The van der Waals surface area contributed by atoms with E-state index in [-0.39, 0.29) is 30.4 Å². The number of amides is 4. The summed E-state index contributed by atoms with van der Waals surface area (Å²) >= 11 is 0. The quantitative estimate of drug-likeness (QED) is 0.578. The van der Waals surface area contributed by atoms with E-state index in [0.29, 0.717) is 25.3 Å². The molecule has 0 spiro atoms. The van der Waals surface area contributed by atoms with Gasteiger partial charge in [0.1, 0.15) is 6.04 Å². The third-order valence-electron chi connectivity index (χ3n) is 5.23. The number of nitrogens with one attached hydrogen (secondary N) is 3. The Hall–Kier alpha value is -2.62. The summed E-state index contributed by atoms with van der Waals surface area (Å²) in [6.07, 6.45) is 0.260. The molecule has 2 saturated heterocycles. The average molecular weight is 386 g/mol. The lowest BCUT2D eigenvalue weighted by molar-refractivity contribution is -0.136. The highest BCUT2D eigenvalue weighted by Gasteiger charge is 2.44. The van der Waals surface area contributed by atoms with Crippen LogP contribution in [0.4, 0.5) is 0 Å². The van der Waals surface area contributed by atoms with Crippen LogP contribution in [0.2, 0.25) is 0 Å². The predicted octanol–water partition coefficient (Wildman–Crippen LogP) is -0.834. The van der Waals surface area contributed by atoms with Crippen LogP contribution in [0.5, 0.6) is 0 Å². The molecule has 2 fully saturated rings. The van der Waals surface area contributed by atoms with E-state index in [1.807, 2.05) is 0 Å². The van der Waals surface area contributed by atoms with Gasteiger partial charge in [-0.15, -0.1) is 0 Å². The van der Waals surface area contributed by atoms with Crippen molar-refractivity contribution in [3.05, 3.63) is 34.9 Å². The summed E-state index contributed by atoms with van der Waals surface area (Å²) in [5.41, 5.74) is 1.46. The van der Waals surface area contributed by atoms with Crippen LogP contribution in [0.15, 0.2) is 18.2 Å². The van der Waals surface area contributed by atoms with Crippen molar-refractivity contribution in [2.75, 3.05) is 26.3 Å². The molecule has 2 unspecified atom stereocenters. The molecule has 4 amide bonds. The van der Waals surface area contributed by atoms with Gasteiger partial charge in [-0.25, -0.2) is 0 Å². The molecule has 28 heavy (non-hydrogen) atoms. The predicted molar refractivity (Wildman–Crippen MR) is 97.4 cm³/mol. The minimum atomic E-state index is -0.944. The summed E-state index contributed by atoms with van der Waals surface area (Å²) in [6, 6.07) is 4.34. The summed E-state index contributed by atoms with van der Waals surface area (Å²) in [5.74, 6) is -1.97. The lowest BCUT2D eigenvalue weighted by Gasteiger charge is -2.27. The van der Waals surface area contributed by atoms with Crippen LogP contribution in [-0.4, -0.2) is 66.9 Å². The van der Waals surface area contributed by atoms with Gasteiger partial charge < -0.3 is 15.4 Å². The molecule has 9 nitrogen and oxygen atoms in total. The molecule has 3 aliphatic rings. The van der Waals surface area contributed by atoms with Gasteiger partial charge in [0.2, 0.25) is 11.8 Å². The van der Waals surface area contributed by atoms with Crippen LogP contribution in [-0.2, 0) is 20.9 Å². The molecule has 1 aromatic carbocycles. The summed E-state index contributed by atoms with van der Waals surface area (Å²) in [4.78, 5) is 49.9. The summed E-state index contributed by atoms with van der Waals surface area (Å²) in [7, 11) is 0. The topological polar surface area (TPSA) is 117 Å². The van der Waals surface area contributed by atoms with Gasteiger partial charge in [0.05, 0.1) is 24.3 Å². The largest absolute Gasteiger partial charge is 0.378 e. The smallest absolute Gasteiger partial charge is 0.262 e. The van der Waals surface area contributed by atoms with Gasteiger partial charge in [0.25, 0.3) is 11.8 Å². The fourth-order valence-corrected chi connectivity index (χ4v) is 3.73. The Kier molecular flexibility index (Phi) is 5.21. The molecule has 1 aromatic rings. The molecule has 0 bridgehead atoms. The van der Waals surface area contributed by atoms with E-state index in [9.17, 15) is 19.2 Å². The molecule has 3 aliphatic heterocycles. The van der Waals surface area contributed by atoms with Crippen molar-refractivity contribution in [3.63, 3.8) is 0 Å². The Balaban J connectivity index is 1.47. The number of carbonyl (C=O) groups excluding carboxylic acids is 4. The maximum atomic E-state index is 12.8. The maximum absolute atomic E-state index is 12.8. The number of rotatable bonds is 4. The number of fused-ring (bicyclic) bond motifs is 1. The van der Waals surface area contributed by atoms with Crippen LogP contribution in [0.3, 0.4) is 0 Å². The molecule has 3 heterocycles. The van der Waals surface area contributed by atoms with Crippen molar-refractivity contribution < 1.29 is 23.9 Å². The number of hydrogen-bond donors (Lipinski definition) is 3. The summed E-state index contributed by atoms with van der Waals surface area (Å²) in [6.45, 7) is 3.45. The molecule has 3 N–H and O–H groups in total. The first-order valence-corrected chi connectivity index (χ1v) is 9.41. The Morgan fingerprint density at radius 2 is 1.96 bits per heavy atom. The number of carbonyl (C=O) groups is 4. The zero-order valence-electron chi connectivity index (χ0n) is 15.3. The molecule has 0 saturated carbocycles. The first-order chi connectivity index (χ1) is 13.5. The molecule has 0 aromatic heterocycles. The van der Waals surface area contributed by atoms with Crippen LogP contribution in [0.1, 0.15) is 39.1 Å². The van der Waals surface area contributed by atoms with Crippen LogP contribution in [0.25, 0.3) is 0 Å². The van der Waals surface area contributed by atoms with E-state index >= 15 is 0 Å². The highest BCUT2D eigenvalue weighted by atomic mass is 16.5. The van der Waals surface area contributed by atoms with Gasteiger partial charge in [0.15, 0.2) is 0 Å². The molecule has 0 aliphatic carbocycles. The number of nitrogens with zero attached hydrogens (tertiary/aromatic N) is 1. The third kappa shape index (κ3) is 3.56. The Labute approximate surface area is 161 Å². The van der Waals surface area contributed by atoms with Gasteiger partial charge in [0, 0.05) is 32.1 Å². The van der Waals surface area contributed by atoms with E-state index < -0.39 is 23.8 Å². The van der Waals surface area contributed by atoms with E-state index in [2.05, 4.69) is 16.0 Å². The highest BCUT2D eigenvalue weighted by Crippen LogP contribution is 2.28. The molecule has 2 atom stereocenters. The molecule has 148 valence electrons. The van der Waals surface area contributed by atoms with Crippen molar-refractivity contribution >= 4 is 23.6 Å². The number of hydrogen-bond acceptors (Lipinski definition) is 7. The highest BCUT2D eigenvalue weighted by molar-refractivity contribution is 6.23. The third-order valence-corrected chi connectivity index (χ3v) is 5.23. The number of benzene rings is 1. The van der Waals surface area contributed by atoms with Crippen LogP contribution >= 0.6 is 0 Å². The Morgan fingerprint density at radius 1 is 1.14 bits per heavy atom. The van der Waals surface area contributed by atoms with Gasteiger partial charge in [-0.05, 0) is 24.1 Å². The second kappa shape index (κ2) is 7.78. The van der Waals surface area contributed by atoms with Gasteiger partial charge in [-0.1, -0.05) is 6.07 Å². The lowest BCUT2D eigenvalue weighted by Crippen LogP contribution is -2.54. The van der Waals surface area contributed by atoms with Crippen molar-refractivity contribution in [1.82, 2.24) is 20.9 Å².